The average molecular weight is 218 g/mol. The van der Waals surface area contributed by atoms with Crippen molar-refractivity contribution >= 4 is 8.80 Å². The maximum Gasteiger partial charge on any atom is 0.137 e. The lowest BCUT2D eigenvalue weighted by molar-refractivity contribution is -0.0480. The molecule has 86 valence electrons. The summed E-state index contributed by atoms with van der Waals surface area (Å²) in [7, 11) is 2.61. The first-order valence-electron chi connectivity index (χ1n) is 5.56. The van der Waals surface area contributed by atoms with Crippen molar-refractivity contribution < 1.29 is 9.47 Å². The molecule has 0 atom stereocenters. The second kappa shape index (κ2) is 7.43. The van der Waals surface area contributed by atoms with Gasteiger partial charge in [-0.1, -0.05) is 39.8 Å². The number of rotatable bonds is 7. The van der Waals surface area contributed by atoms with Crippen LogP contribution in [0.5, 0.6) is 0 Å². The highest BCUT2D eigenvalue weighted by molar-refractivity contribution is 6.59. The molecule has 0 aromatic rings. The minimum Gasteiger partial charge on any atom is -0.360 e. The van der Waals surface area contributed by atoms with Crippen LogP contribution < -0.4 is 0 Å². The molecule has 0 aliphatic rings. The normalized spacial score (nSPS) is 12.4. The van der Waals surface area contributed by atoms with E-state index in [1.54, 1.807) is 14.2 Å². The predicted molar refractivity (Wildman–Crippen MR) is 64.2 cm³/mol. The van der Waals surface area contributed by atoms with E-state index >= 15 is 0 Å². The SMILES string of the molecule is COC(OC)[SiH](CC(C)C)CC(C)C. The van der Waals surface area contributed by atoms with Crippen molar-refractivity contribution in [3.63, 3.8) is 0 Å². The Kier molecular flexibility index (Phi) is 7.50. The molecule has 0 spiro atoms. The van der Waals surface area contributed by atoms with E-state index in [9.17, 15) is 0 Å². The average Bonchev–Trinajstić information content (AvgIpc) is 2.03. The molecule has 3 heteroatoms. The lowest BCUT2D eigenvalue weighted by atomic mass is 10.3. The van der Waals surface area contributed by atoms with Gasteiger partial charge in [-0.25, -0.2) is 0 Å². The topological polar surface area (TPSA) is 18.5 Å². The van der Waals surface area contributed by atoms with Crippen LogP contribution in [-0.2, 0) is 9.47 Å². The Morgan fingerprint density at radius 3 is 1.43 bits per heavy atom. The van der Waals surface area contributed by atoms with Gasteiger partial charge in [-0.15, -0.1) is 0 Å². The van der Waals surface area contributed by atoms with Gasteiger partial charge < -0.3 is 9.47 Å². The van der Waals surface area contributed by atoms with Gasteiger partial charge in [0.05, 0.1) is 0 Å². The smallest absolute Gasteiger partial charge is 0.137 e. The van der Waals surface area contributed by atoms with Crippen LogP contribution in [0.15, 0.2) is 0 Å². The summed E-state index contributed by atoms with van der Waals surface area (Å²) >= 11 is 0. The zero-order valence-corrected chi connectivity index (χ0v) is 11.7. The summed E-state index contributed by atoms with van der Waals surface area (Å²) in [6, 6.07) is 2.62. The van der Waals surface area contributed by atoms with E-state index in [0.29, 0.717) is 0 Å². The van der Waals surface area contributed by atoms with Gasteiger partial charge in [0, 0.05) is 14.2 Å². The van der Waals surface area contributed by atoms with Gasteiger partial charge in [0.2, 0.25) is 0 Å². The fourth-order valence-electron chi connectivity index (χ4n) is 2.01. The maximum absolute atomic E-state index is 5.40. The van der Waals surface area contributed by atoms with Gasteiger partial charge in [0.15, 0.2) is 0 Å². The van der Waals surface area contributed by atoms with Crippen LogP contribution in [0, 0.1) is 11.8 Å². The van der Waals surface area contributed by atoms with E-state index in [4.69, 9.17) is 9.47 Å². The van der Waals surface area contributed by atoms with Crippen LogP contribution in [0.1, 0.15) is 27.7 Å². The van der Waals surface area contributed by atoms with Gasteiger partial charge in [0.25, 0.3) is 0 Å². The Bertz CT molecular complexity index is 123. The minimum atomic E-state index is -0.909. The van der Waals surface area contributed by atoms with Crippen LogP contribution >= 0.6 is 0 Å². The predicted octanol–water partition coefficient (Wildman–Crippen LogP) is 2.68. The summed E-state index contributed by atoms with van der Waals surface area (Å²) in [5, 5.41) is 0. The third-order valence-electron chi connectivity index (χ3n) is 2.40. The minimum absolute atomic E-state index is 0.0970. The maximum atomic E-state index is 5.40. The van der Waals surface area contributed by atoms with Crippen molar-refractivity contribution in [3.8, 4) is 0 Å². The largest absolute Gasteiger partial charge is 0.360 e. The third-order valence-corrected chi connectivity index (χ3v) is 6.81. The molecule has 0 amide bonds. The summed E-state index contributed by atoms with van der Waals surface area (Å²) in [6.07, 6.45) is 0. The highest BCUT2D eigenvalue weighted by Crippen LogP contribution is 2.18. The Hall–Kier alpha value is 0.137. The van der Waals surface area contributed by atoms with Crippen LogP contribution in [0.2, 0.25) is 12.1 Å². The molecule has 0 fully saturated rings. The quantitative estimate of drug-likeness (QED) is 0.483. The van der Waals surface area contributed by atoms with E-state index in [-0.39, 0.29) is 5.91 Å². The molecule has 0 aliphatic heterocycles. The lowest BCUT2D eigenvalue weighted by Gasteiger charge is -2.26. The van der Waals surface area contributed by atoms with Crippen molar-refractivity contribution in [1.29, 1.82) is 0 Å². The second-order valence-electron chi connectivity index (χ2n) is 4.86. The first kappa shape index (κ1) is 14.1. The van der Waals surface area contributed by atoms with E-state index in [0.717, 1.165) is 11.8 Å². The third kappa shape index (κ3) is 5.78. The number of ether oxygens (including phenoxy) is 2. The first-order valence-corrected chi connectivity index (χ1v) is 7.86. The Labute approximate surface area is 90.6 Å². The summed E-state index contributed by atoms with van der Waals surface area (Å²) in [6.45, 7) is 9.12. The molecule has 0 unspecified atom stereocenters. The summed E-state index contributed by atoms with van der Waals surface area (Å²) in [5.74, 6) is 1.62. The Morgan fingerprint density at radius 2 is 1.21 bits per heavy atom. The first-order chi connectivity index (χ1) is 6.51. The van der Waals surface area contributed by atoms with Crippen molar-refractivity contribution in [2.24, 2.45) is 11.8 Å². The molecule has 14 heavy (non-hydrogen) atoms. The summed E-state index contributed by atoms with van der Waals surface area (Å²) in [5.41, 5.74) is 0. The van der Waals surface area contributed by atoms with Gasteiger partial charge in [-0.3, -0.25) is 0 Å². The van der Waals surface area contributed by atoms with Crippen molar-refractivity contribution in [2.75, 3.05) is 14.2 Å². The Balaban J connectivity index is 4.20. The van der Waals surface area contributed by atoms with Crippen LogP contribution in [0.25, 0.3) is 0 Å². The summed E-state index contributed by atoms with van der Waals surface area (Å²) < 4.78 is 10.8. The van der Waals surface area contributed by atoms with Crippen LogP contribution in [0.3, 0.4) is 0 Å². The highest BCUT2D eigenvalue weighted by atomic mass is 28.3. The van der Waals surface area contributed by atoms with Crippen molar-refractivity contribution in [2.45, 2.75) is 45.7 Å². The van der Waals surface area contributed by atoms with Crippen molar-refractivity contribution in [1.82, 2.24) is 0 Å². The van der Waals surface area contributed by atoms with Gasteiger partial charge in [0.1, 0.15) is 14.7 Å². The molecular formula is C11H26O2Si. The molecule has 2 nitrogen and oxygen atoms in total. The zero-order valence-electron chi connectivity index (χ0n) is 10.5. The second-order valence-corrected chi connectivity index (χ2v) is 7.87. The molecule has 0 heterocycles. The zero-order chi connectivity index (χ0) is 11.1. The van der Waals surface area contributed by atoms with Crippen LogP contribution in [-0.4, -0.2) is 28.9 Å². The number of hydrogen-bond donors (Lipinski definition) is 0. The van der Waals surface area contributed by atoms with Gasteiger partial charge >= 0.3 is 0 Å². The molecule has 0 rings (SSSR count). The molecule has 0 saturated heterocycles. The van der Waals surface area contributed by atoms with E-state index in [1.807, 2.05) is 0 Å². The van der Waals surface area contributed by atoms with Gasteiger partial charge in [-0.05, 0) is 11.8 Å². The van der Waals surface area contributed by atoms with Crippen LogP contribution in [0.4, 0.5) is 0 Å². The van der Waals surface area contributed by atoms with E-state index in [1.165, 1.54) is 12.1 Å². The number of methoxy groups -OCH3 is 2. The van der Waals surface area contributed by atoms with E-state index < -0.39 is 8.80 Å². The molecule has 0 saturated carbocycles. The number of hydrogen-bond acceptors (Lipinski definition) is 2. The monoisotopic (exact) mass is 218 g/mol. The van der Waals surface area contributed by atoms with E-state index in [2.05, 4.69) is 27.7 Å². The summed E-state index contributed by atoms with van der Waals surface area (Å²) in [4.78, 5) is 0. The Morgan fingerprint density at radius 1 is 0.857 bits per heavy atom. The highest BCUT2D eigenvalue weighted by Gasteiger charge is 2.24. The lowest BCUT2D eigenvalue weighted by Crippen LogP contribution is -2.36. The molecule has 0 radical (unpaired) electrons. The molecule has 0 aromatic carbocycles. The standard InChI is InChI=1S/C11H26O2Si/c1-9(2)7-14(8-10(3)4)11(12-5)13-6/h9-11,14H,7-8H2,1-6H3. The molecule has 0 aromatic heterocycles. The molecule has 0 N–H and O–H groups in total. The fourth-order valence-corrected chi connectivity index (χ4v) is 5.84. The molecule has 0 bridgehead atoms. The van der Waals surface area contributed by atoms with Gasteiger partial charge in [-0.2, -0.15) is 0 Å². The molecular weight excluding hydrogens is 192 g/mol. The van der Waals surface area contributed by atoms with Crippen molar-refractivity contribution in [3.05, 3.63) is 0 Å². The fraction of sp³-hybridized carbons (Fsp3) is 1.00. The molecule has 0 aliphatic carbocycles.